The van der Waals surface area contributed by atoms with Gasteiger partial charge in [-0.25, -0.2) is 8.78 Å². The maximum absolute atomic E-state index is 12.5. The molecule has 5 heteroatoms. The number of nitrogens with one attached hydrogen (secondary N) is 1. The number of nitrogens with zero attached hydrogens (tertiary/aromatic N) is 1. The van der Waals surface area contributed by atoms with E-state index in [1.54, 1.807) is 11.9 Å². The molecule has 0 bridgehead atoms. The number of rotatable bonds is 9. The first-order valence-electron chi connectivity index (χ1n) is 7.43. The highest BCUT2D eigenvalue weighted by Crippen LogP contribution is 2.25. The fourth-order valence-electron chi connectivity index (χ4n) is 2.30. The van der Waals surface area contributed by atoms with E-state index < -0.39 is 6.43 Å². The SMILES string of the molecule is CCNC(C)c1ccc(OCC)c(CN(C)CC(F)F)c1. The molecule has 21 heavy (non-hydrogen) atoms. The molecule has 0 aliphatic carbocycles. The van der Waals surface area contributed by atoms with Crippen molar-refractivity contribution in [1.29, 1.82) is 0 Å². The summed E-state index contributed by atoms with van der Waals surface area (Å²) in [6, 6.07) is 6.22. The van der Waals surface area contributed by atoms with Crippen LogP contribution in [0.4, 0.5) is 8.78 Å². The summed E-state index contributed by atoms with van der Waals surface area (Å²) in [6.07, 6.45) is -2.32. The van der Waals surface area contributed by atoms with Gasteiger partial charge in [-0.1, -0.05) is 13.0 Å². The Labute approximate surface area is 126 Å². The van der Waals surface area contributed by atoms with Gasteiger partial charge >= 0.3 is 0 Å². The Morgan fingerprint density at radius 3 is 2.57 bits per heavy atom. The van der Waals surface area contributed by atoms with E-state index >= 15 is 0 Å². The Balaban J connectivity index is 2.92. The van der Waals surface area contributed by atoms with E-state index in [2.05, 4.69) is 19.2 Å². The lowest BCUT2D eigenvalue weighted by atomic mass is 10.0. The highest BCUT2D eigenvalue weighted by atomic mass is 19.3. The van der Waals surface area contributed by atoms with Crippen molar-refractivity contribution in [1.82, 2.24) is 10.2 Å². The average Bonchev–Trinajstić information content (AvgIpc) is 2.40. The van der Waals surface area contributed by atoms with Crippen molar-refractivity contribution < 1.29 is 13.5 Å². The Kier molecular flexibility index (Phi) is 7.61. The zero-order valence-corrected chi connectivity index (χ0v) is 13.3. The van der Waals surface area contributed by atoms with E-state index in [1.165, 1.54) is 0 Å². The lowest BCUT2D eigenvalue weighted by Crippen LogP contribution is -2.25. The smallest absolute Gasteiger partial charge is 0.251 e. The van der Waals surface area contributed by atoms with Crippen molar-refractivity contribution in [3.63, 3.8) is 0 Å². The third kappa shape index (κ3) is 5.98. The lowest BCUT2D eigenvalue weighted by molar-refractivity contribution is 0.0970. The fraction of sp³-hybridized carbons (Fsp3) is 0.625. The van der Waals surface area contributed by atoms with Gasteiger partial charge in [-0.3, -0.25) is 4.90 Å². The van der Waals surface area contributed by atoms with Gasteiger partial charge in [0.25, 0.3) is 6.43 Å². The minimum atomic E-state index is -2.32. The molecule has 0 aromatic heterocycles. The molecule has 1 atom stereocenters. The van der Waals surface area contributed by atoms with Crippen LogP contribution in [0.1, 0.15) is 37.9 Å². The van der Waals surface area contributed by atoms with Crippen molar-refractivity contribution in [3.8, 4) is 5.75 Å². The summed E-state index contributed by atoms with van der Waals surface area (Å²) in [5, 5.41) is 3.35. The maximum Gasteiger partial charge on any atom is 0.251 e. The number of halogens is 2. The van der Waals surface area contributed by atoms with E-state index in [9.17, 15) is 8.78 Å². The van der Waals surface area contributed by atoms with Gasteiger partial charge in [0.15, 0.2) is 0 Å². The number of alkyl halides is 2. The van der Waals surface area contributed by atoms with Crippen LogP contribution in [0.5, 0.6) is 5.75 Å². The molecule has 1 aromatic carbocycles. The summed E-state index contributed by atoms with van der Waals surface area (Å²) in [6.45, 7) is 7.73. The summed E-state index contributed by atoms with van der Waals surface area (Å²) in [5.74, 6) is 0.770. The molecule has 1 unspecified atom stereocenters. The minimum Gasteiger partial charge on any atom is -0.494 e. The van der Waals surface area contributed by atoms with Gasteiger partial charge < -0.3 is 10.1 Å². The quantitative estimate of drug-likeness (QED) is 0.756. The third-order valence-corrected chi connectivity index (χ3v) is 3.28. The largest absolute Gasteiger partial charge is 0.494 e. The normalized spacial score (nSPS) is 13.0. The Bertz CT molecular complexity index is 427. The van der Waals surface area contributed by atoms with Gasteiger partial charge in [0, 0.05) is 18.2 Å². The van der Waals surface area contributed by atoms with Crippen molar-refractivity contribution in [2.24, 2.45) is 0 Å². The highest BCUT2D eigenvalue weighted by Gasteiger charge is 2.13. The number of hydrogen-bond donors (Lipinski definition) is 1. The van der Waals surface area contributed by atoms with Crippen molar-refractivity contribution in [3.05, 3.63) is 29.3 Å². The van der Waals surface area contributed by atoms with Crippen LogP contribution < -0.4 is 10.1 Å². The maximum atomic E-state index is 12.5. The van der Waals surface area contributed by atoms with Crippen LogP contribution >= 0.6 is 0 Å². The molecule has 0 aliphatic rings. The number of benzene rings is 1. The number of hydrogen-bond acceptors (Lipinski definition) is 3. The van der Waals surface area contributed by atoms with Gasteiger partial charge in [-0.05, 0) is 45.1 Å². The molecule has 1 aromatic rings. The molecule has 0 heterocycles. The van der Waals surface area contributed by atoms with Crippen LogP contribution in [0.15, 0.2) is 18.2 Å². The van der Waals surface area contributed by atoms with Gasteiger partial charge in [-0.15, -0.1) is 0 Å². The summed E-state index contributed by atoms with van der Waals surface area (Å²) >= 11 is 0. The van der Waals surface area contributed by atoms with E-state index in [0.29, 0.717) is 13.2 Å². The second-order valence-corrected chi connectivity index (χ2v) is 5.17. The molecular formula is C16H26F2N2O. The number of ether oxygens (including phenoxy) is 1. The zero-order valence-electron chi connectivity index (χ0n) is 13.3. The Hall–Kier alpha value is -1.20. The second kappa shape index (κ2) is 8.95. The molecular weight excluding hydrogens is 274 g/mol. The summed E-state index contributed by atoms with van der Waals surface area (Å²) in [4.78, 5) is 1.62. The van der Waals surface area contributed by atoms with E-state index in [-0.39, 0.29) is 12.6 Å². The van der Waals surface area contributed by atoms with Crippen LogP contribution in [0.2, 0.25) is 0 Å². The molecule has 0 fully saturated rings. The van der Waals surface area contributed by atoms with E-state index in [1.807, 2.05) is 25.1 Å². The standard InChI is InChI=1S/C16H26F2N2O/c1-5-19-12(3)13-7-8-15(21-6-2)14(9-13)10-20(4)11-16(17)18/h7-9,12,16,19H,5-6,10-11H2,1-4H3. The first-order valence-corrected chi connectivity index (χ1v) is 7.43. The highest BCUT2D eigenvalue weighted by molar-refractivity contribution is 5.38. The molecule has 120 valence electrons. The topological polar surface area (TPSA) is 24.5 Å². The van der Waals surface area contributed by atoms with Crippen molar-refractivity contribution >= 4 is 0 Å². The van der Waals surface area contributed by atoms with Gasteiger partial charge in [-0.2, -0.15) is 0 Å². The molecule has 0 saturated carbocycles. The van der Waals surface area contributed by atoms with Crippen molar-refractivity contribution in [2.45, 2.75) is 39.8 Å². The molecule has 0 spiro atoms. The van der Waals surface area contributed by atoms with Crippen LogP contribution in [0.3, 0.4) is 0 Å². The average molecular weight is 300 g/mol. The van der Waals surface area contributed by atoms with Gasteiger partial charge in [0.2, 0.25) is 0 Å². The summed E-state index contributed by atoms with van der Waals surface area (Å²) < 4.78 is 30.5. The van der Waals surface area contributed by atoms with Crippen LogP contribution in [0, 0.1) is 0 Å². The van der Waals surface area contributed by atoms with Crippen LogP contribution in [-0.2, 0) is 6.54 Å². The molecule has 0 radical (unpaired) electrons. The van der Waals surface area contributed by atoms with E-state index in [4.69, 9.17) is 4.74 Å². The molecule has 0 amide bonds. The molecule has 0 saturated heterocycles. The van der Waals surface area contributed by atoms with Crippen molar-refractivity contribution in [2.75, 3.05) is 26.7 Å². The molecule has 1 rings (SSSR count). The second-order valence-electron chi connectivity index (χ2n) is 5.17. The third-order valence-electron chi connectivity index (χ3n) is 3.28. The van der Waals surface area contributed by atoms with Gasteiger partial charge in [0.05, 0.1) is 13.2 Å². The molecule has 0 aliphatic heterocycles. The zero-order chi connectivity index (χ0) is 15.8. The lowest BCUT2D eigenvalue weighted by Gasteiger charge is -2.21. The Morgan fingerprint density at radius 2 is 2.00 bits per heavy atom. The first-order chi connectivity index (χ1) is 9.97. The van der Waals surface area contributed by atoms with Crippen LogP contribution in [-0.4, -0.2) is 38.1 Å². The molecule has 3 nitrogen and oxygen atoms in total. The molecule has 1 N–H and O–H groups in total. The fourth-order valence-corrected chi connectivity index (χ4v) is 2.30. The monoisotopic (exact) mass is 300 g/mol. The predicted octanol–water partition coefficient (Wildman–Crippen LogP) is 3.45. The summed E-state index contributed by atoms with van der Waals surface area (Å²) in [5.41, 5.74) is 2.09. The Morgan fingerprint density at radius 1 is 1.29 bits per heavy atom. The predicted molar refractivity (Wildman–Crippen MR) is 82.0 cm³/mol. The first kappa shape index (κ1) is 17.9. The minimum absolute atomic E-state index is 0.227. The van der Waals surface area contributed by atoms with Crippen LogP contribution in [0.25, 0.3) is 0 Å². The van der Waals surface area contributed by atoms with Gasteiger partial charge in [0.1, 0.15) is 5.75 Å². The van der Waals surface area contributed by atoms with E-state index in [0.717, 1.165) is 23.4 Å². The summed E-state index contributed by atoms with van der Waals surface area (Å²) in [7, 11) is 1.70.